The van der Waals surface area contributed by atoms with Crippen LogP contribution in [0, 0.1) is 11.6 Å². The molecule has 4 nitrogen and oxygen atoms in total. The van der Waals surface area contributed by atoms with Crippen molar-refractivity contribution in [2.75, 3.05) is 33.3 Å². The first kappa shape index (κ1) is 14.3. The number of methoxy groups -OCH3 is 1. The van der Waals surface area contributed by atoms with E-state index < -0.39 is 17.5 Å². The molecule has 1 aromatic rings. The fourth-order valence-corrected chi connectivity index (χ4v) is 3.24. The van der Waals surface area contributed by atoms with Gasteiger partial charge in [0.2, 0.25) is 0 Å². The monoisotopic (exact) mass is 296 g/mol. The van der Waals surface area contributed by atoms with Gasteiger partial charge in [0.05, 0.1) is 7.11 Å². The molecule has 2 aliphatic heterocycles. The normalized spacial score (nSPS) is 22.2. The highest BCUT2D eigenvalue weighted by Crippen LogP contribution is 2.28. The number of carbonyl (C=O) groups is 1. The molecule has 2 saturated heterocycles. The molecule has 0 N–H and O–H groups in total. The molecule has 1 aromatic carbocycles. The van der Waals surface area contributed by atoms with Gasteiger partial charge >= 0.3 is 0 Å². The molecular weight excluding hydrogens is 278 g/mol. The van der Waals surface area contributed by atoms with Gasteiger partial charge in [-0.25, -0.2) is 8.78 Å². The van der Waals surface area contributed by atoms with Gasteiger partial charge < -0.3 is 9.64 Å². The quantitative estimate of drug-likeness (QED) is 0.835. The first-order valence-corrected chi connectivity index (χ1v) is 7.17. The van der Waals surface area contributed by atoms with Gasteiger partial charge in [0.1, 0.15) is 11.3 Å². The van der Waals surface area contributed by atoms with E-state index in [1.165, 1.54) is 13.2 Å². The van der Waals surface area contributed by atoms with Crippen LogP contribution in [0.2, 0.25) is 0 Å². The second kappa shape index (κ2) is 5.60. The van der Waals surface area contributed by atoms with Crippen molar-refractivity contribution >= 4 is 5.91 Å². The zero-order valence-corrected chi connectivity index (χ0v) is 11.9. The number of hydrogen-bond acceptors (Lipinski definition) is 3. The average molecular weight is 296 g/mol. The lowest BCUT2D eigenvalue weighted by Crippen LogP contribution is -2.52. The van der Waals surface area contributed by atoms with Crippen molar-refractivity contribution < 1.29 is 18.3 Å². The SMILES string of the molecule is COc1ccc(F)c(F)c1C(=O)N1CCN2CCC[C@@H]2C1. The van der Waals surface area contributed by atoms with Crippen molar-refractivity contribution in [3.8, 4) is 5.75 Å². The second-order valence-corrected chi connectivity index (χ2v) is 5.52. The molecule has 114 valence electrons. The van der Waals surface area contributed by atoms with Gasteiger partial charge in [-0.3, -0.25) is 9.69 Å². The van der Waals surface area contributed by atoms with Crippen molar-refractivity contribution in [3.05, 3.63) is 29.3 Å². The number of nitrogens with zero attached hydrogens (tertiary/aromatic N) is 2. The van der Waals surface area contributed by atoms with Gasteiger partial charge in [0.25, 0.3) is 5.91 Å². The largest absolute Gasteiger partial charge is 0.496 e. The number of carbonyl (C=O) groups excluding carboxylic acids is 1. The Morgan fingerprint density at radius 2 is 2.10 bits per heavy atom. The maximum Gasteiger partial charge on any atom is 0.260 e. The van der Waals surface area contributed by atoms with E-state index in [1.807, 2.05) is 0 Å². The smallest absolute Gasteiger partial charge is 0.260 e. The molecule has 2 aliphatic rings. The molecule has 2 heterocycles. The second-order valence-electron chi connectivity index (χ2n) is 5.52. The molecule has 0 radical (unpaired) electrons. The summed E-state index contributed by atoms with van der Waals surface area (Å²) in [7, 11) is 1.35. The number of rotatable bonds is 2. The number of halogens is 2. The van der Waals surface area contributed by atoms with Crippen molar-refractivity contribution in [1.82, 2.24) is 9.80 Å². The van der Waals surface area contributed by atoms with Crippen LogP contribution in [0.1, 0.15) is 23.2 Å². The van der Waals surface area contributed by atoms with E-state index in [0.29, 0.717) is 19.1 Å². The van der Waals surface area contributed by atoms with Crippen LogP contribution in [0.25, 0.3) is 0 Å². The van der Waals surface area contributed by atoms with Gasteiger partial charge in [0.15, 0.2) is 11.6 Å². The summed E-state index contributed by atoms with van der Waals surface area (Å²) < 4.78 is 32.5. The molecule has 1 atom stereocenters. The number of hydrogen-bond donors (Lipinski definition) is 0. The molecule has 1 amide bonds. The number of benzene rings is 1. The number of amides is 1. The minimum absolute atomic E-state index is 0.0766. The Bertz CT molecular complexity index is 565. The van der Waals surface area contributed by atoms with Crippen LogP contribution in [0.3, 0.4) is 0 Å². The number of piperazine rings is 1. The van der Waals surface area contributed by atoms with E-state index in [0.717, 1.165) is 32.0 Å². The number of fused-ring (bicyclic) bond motifs is 1. The first-order chi connectivity index (χ1) is 10.1. The number of ether oxygens (including phenoxy) is 1. The van der Waals surface area contributed by atoms with Crippen molar-refractivity contribution in [3.63, 3.8) is 0 Å². The van der Waals surface area contributed by atoms with Crippen molar-refractivity contribution in [1.29, 1.82) is 0 Å². The third-order valence-electron chi connectivity index (χ3n) is 4.36. The van der Waals surface area contributed by atoms with Crippen LogP contribution in [0.15, 0.2) is 12.1 Å². The molecule has 0 spiro atoms. The molecule has 0 aliphatic carbocycles. The summed E-state index contributed by atoms with van der Waals surface area (Å²) in [5.41, 5.74) is -0.302. The zero-order chi connectivity index (χ0) is 15.0. The topological polar surface area (TPSA) is 32.8 Å². The minimum Gasteiger partial charge on any atom is -0.496 e. The van der Waals surface area contributed by atoms with E-state index in [-0.39, 0.29) is 11.3 Å². The minimum atomic E-state index is -1.13. The molecule has 2 fully saturated rings. The van der Waals surface area contributed by atoms with Gasteiger partial charge in [-0.1, -0.05) is 0 Å². The summed E-state index contributed by atoms with van der Waals surface area (Å²) in [6.45, 7) is 2.95. The van der Waals surface area contributed by atoms with Crippen LogP contribution < -0.4 is 4.74 Å². The highest BCUT2D eigenvalue weighted by Gasteiger charge is 2.34. The Hall–Kier alpha value is -1.69. The Kier molecular flexibility index (Phi) is 3.80. The van der Waals surface area contributed by atoms with Crippen molar-refractivity contribution in [2.45, 2.75) is 18.9 Å². The Morgan fingerprint density at radius 3 is 2.86 bits per heavy atom. The fraction of sp³-hybridized carbons (Fsp3) is 0.533. The van der Waals surface area contributed by atoms with E-state index >= 15 is 0 Å². The summed E-state index contributed by atoms with van der Waals surface area (Å²) in [6.07, 6.45) is 2.18. The highest BCUT2D eigenvalue weighted by atomic mass is 19.2. The molecular formula is C15H18F2N2O2. The van der Waals surface area contributed by atoms with Gasteiger partial charge in [0, 0.05) is 25.7 Å². The van der Waals surface area contributed by atoms with Crippen LogP contribution >= 0.6 is 0 Å². The predicted molar refractivity (Wildman–Crippen MR) is 73.4 cm³/mol. The Labute approximate surface area is 122 Å². The van der Waals surface area contributed by atoms with Crippen LogP contribution in [0.4, 0.5) is 8.78 Å². The maximum absolute atomic E-state index is 14.0. The predicted octanol–water partition coefficient (Wildman–Crippen LogP) is 1.89. The molecule has 0 aromatic heterocycles. The highest BCUT2D eigenvalue weighted by molar-refractivity contribution is 5.97. The summed E-state index contributed by atoms with van der Waals surface area (Å²) in [5.74, 6) is -2.57. The summed E-state index contributed by atoms with van der Waals surface area (Å²) in [6, 6.07) is 2.60. The third kappa shape index (κ3) is 2.48. The van der Waals surface area contributed by atoms with Gasteiger partial charge in [-0.05, 0) is 31.5 Å². The Balaban J connectivity index is 1.87. The van der Waals surface area contributed by atoms with Crippen molar-refractivity contribution in [2.24, 2.45) is 0 Å². The molecule has 6 heteroatoms. The molecule has 0 unspecified atom stereocenters. The van der Waals surface area contributed by atoms with E-state index in [9.17, 15) is 13.6 Å². The Morgan fingerprint density at radius 1 is 1.29 bits per heavy atom. The molecule has 3 rings (SSSR count). The van der Waals surface area contributed by atoms with Crippen LogP contribution in [-0.4, -0.2) is 55.0 Å². The third-order valence-corrected chi connectivity index (χ3v) is 4.36. The van der Waals surface area contributed by atoms with E-state index in [1.54, 1.807) is 4.90 Å². The zero-order valence-electron chi connectivity index (χ0n) is 11.9. The van der Waals surface area contributed by atoms with E-state index in [2.05, 4.69) is 4.90 Å². The van der Waals surface area contributed by atoms with E-state index in [4.69, 9.17) is 4.74 Å². The lowest BCUT2D eigenvalue weighted by Gasteiger charge is -2.37. The van der Waals surface area contributed by atoms with Gasteiger partial charge in [-0.2, -0.15) is 0 Å². The molecule has 21 heavy (non-hydrogen) atoms. The standard InChI is InChI=1S/C15H18F2N2O2/c1-21-12-5-4-11(16)14(17)13(12)15(20)19-8-7-18-6-2-3-10(18)9-19/h4-5,10H,2-3,6-9H2,1H3/t10-/m1/s1. The van der Waals surface area contributed by atoms with Gasteiger partial charge in [-0.15, -0.1) is 0 Å². The lowest BCUT2D eigenvalue weighted by molar-refractivity contribution is 0.0562. The molecule has 0 saturated carbocycles. The lowest BCUT2D eigenvalue weighted by atomic mass is 10.1. The van der Waals surface area contributed by atoms with Crippen LogP contribution in [0.5, 0.6) is 5.75 Å². The summed E-state index contributed by atoms with van der Waals surface area (Å²) >= 11 is 0. The average Bonchev–Trinajstić information content (AvgIpc) is 2.96. The summed E-state index contributed by atoms with van der Waals surface area (Å²) in [5, 5.41) is 0. The first-order valence-electron chi connectivity index (χ1n) is 7.17. The fourth-order valence-electron chi connectivity index (χ4n) is 3.24. The van der Waals surface area contributed by atoms with Crippen LogP contribution in [-0.2, 0) is 0 Å². The summed E-state index contributed by atoms with van der Waals surface area (Å²) in [4.78, 5) is 16.5. The maximum atomic E-state index is 14.0. The molecule has 0 bridgehead atoms.